The number of hydrogen-bond acceptors (Lipinski definition) is 6. The van der Waals surface area contributed by atoms with Crippen molar-refractivity contribution in [3.05, 3.63) is 155 Å². The first-order valence-corrected chi connectivity index (χ1v) is 15.9. The molecule has 44 heavy (non-hydrogen) atoms. The highest BCUT2D eigenvalue weighted by atomic mass is 32.2. The summed E-state index contributed by atoms with van der Waals surface area (Å²) < 4.78 is 0. The fourth-order valence-electron chi connectivity index (χ4n) is 5.58. The topological polar surface area (TPSA) is 72.6 Å². The molecule has 4 nitrogen and oxygen atoms in total. The monoisotopic (exact) mass is 606 g/mol. The first-order chi connectivity index (χ1) is 21.6. The van der Waals surface area contributed by atoms with E-state index in [-0.39, 0.29) is 5.37 Å². The van der Waals surface area contributed by atoms with E-state index < -0.39 is 0 Å². The van der Waals surface area contributed by atoms with Gasteiger partial charge in [-0.15, -0.1) is 23.1 Å². The lowest BCUT2D eigenvalue weighted by molar-refractivity contribution is 0.918. The van der Waals surface area contributed by atoms with E-state index in [1.54, 1.807) is 18.0 Å². The van der Waals surface area contributed by atoms with Gasteiger partial charge in [-0.2, -0.15) is 0 Å². The number of benzene rings is 4. The van der Waals surface area contributed by atoms with Crippen molar-refractivity contribution >= 4 is 63.0 Å². The van der Waals surface area contributed by atoms with Crippen LogP contribution < -0.4 is 5.32 Å². The molecule has 6 heteroatoms. The molecule has 2 heterocycles. The van der Waals surface area contributed by atoms with Crippen molar-refractivity contribution in [3.63, 3.8) is 0 Å². The zero-order valence-corrected chi connectivity index (χ0v) is 25.6. The molecule has 0 saturated carbocycles. The van der Waals surface area contributed by atoms with Crippen molar-refractivity contribution < 1.29 is 0 Å². The molecular weight excluding hydrogens is 577 g/mol. The van der Waals surface area contributed by atoms with Gasteiger partial charge in [0, 0.05) is 46.9 Å². The molecule has 3 N–H and O–H groups in total. The van der Waals surface area contributed by atoms with E-state index in [0.717, 1.165) is 71.5 Å². The second kappa shape index (κ2) is 13.1. The second-order valence-electron chi connectivity index (χ2n) is 10.2. The van der Waals surface area contributed by atoms with Crippen molar-refractivity contribution in [2.75, 3.05) is 0 Å². The van der Waals surface area contributed by atoms with Gasteiger partial charge in [0.25, 0.3) is 0 Å². The Balaban J connectivity index is 1.76. The summed E-state index contributed by atoms with van der Waals surface area (Å²) in [5.41, 5.74) is 9.01. The van der Waals surface area contributed by atoms with Crippen LogP contribution in [0.4, 0.5) is 0 Å². The van der Waals surface area contributed by atoms with E-state index in [1.165, 1.54) is 23.8 Å². The molecular formula is C38H30N4S2. The van der Waals surface area contributed by atoms with E-state index in [0.29, 0.717) is 0 Å². The average molecular weight is 607 g/mol. The Labute approximate surface area is 265 Å². The quantitative estimate of drug-likeness (QED) is 0.109. The predicted molar refractivity (Wildman–Crippen MR) is 192 cm³/mol. The first-order valence-electron chi connectivity index (χ1n) is 14.1. The van der Waals surface area contributed by atoms with Crippen LogP contribution in [-0.4, -0.2) is 22.8 Å². The largest absolute Gasteiger partial charge is 0.375 e. The van der Waals surface area contributed by atoms with Gasteiger partial charge in [0.1, 0.15) is 10.4 Å². The summed E-state index contributed by atoms with van der Waals surface area (Å²) in [5.74, 6) is 0. The van der Waals surface area contributed by atoms with Crippen LogP contribution in [0.25, 0.3) is 49.7 Å². The summed E-state index contributed by atoms with van der Waals surface area (Å²) in [6, 6.07) is 28.9. The van der Waals surface area contributed by atoms with Crippen LogP contribution in [0, 0.1) is 10.8 Å². The number of thiazole rings is 1. The minimum Gasteiger partial charge on any atom is -0.375 e. The number of rotatable bonds is 10. The molecule has 6 rings (SSSR count). The lowest BCUT2D eigenvalue weighted by Gasteiger charge is -2.25. The minimum atomic E-state index is 0.00794. The van der Waals surface area contributed by atoms with Crippen molar-refractivity contribution in [1.82, 2.24) is 10.3 Å². The van der Waals surface area contributed by atoms with E-state index in [9.17, 15) is 0 Å². The molecule has 1 atom stereocenters. The summed E-state index contributed by atoms with van der Waals surface area (Å²) in [7, 11) is 0. The Kier molecular flexibility index (Phi) is 8.64. The maximum atomic E-state index is 8.68. The molecule has 1 unspecified atom stereocenters. The van der Waals surface area contributed by atoms with Gasteiger partial charge in [0.05, 0.1) is 0 Å². The molecule has 214 valence electrons. The fraction of sp³-hybridized carbons (Fsp3) is 0.0263. The van der Waals surface area contributed by atoms with E-state index in [1.807, 2.05) is 77.7 Å². The molecule has 0 radical (unpaired) electrons. The second-order valence-corrected chi connectivity index (χ2v) is 12.1. The summed E-state index contributed by atoms with van der Waals surface area (Å²) in [4.78, 5) is 4.46. The maximum absolute atomic E-state index is 8.68. The SMILES string of the molecule is C=C(/C=C(\C=N)c1c(-c2ccccc2)c(-c2ccccc2)c(/C(C=N)=C/C(=C)C2NC=CS2)c2ccccc12)c1nccs1. The maximum Gasteiger partial charge on any atom is 0.122 e. The Morgan fingerprint density at radius 1 is 0.750 bits per heavy atom. The van der Waals surface area contributed by atoms with E-state index in [2.05, 4.69) is 59.9 Å². The van der Waals surface area contributed by atoms with Crippen molar-refractivity contribution in [2.45, 2.75) is 5.37 Å². The van der Waals surface area contributed by atoms with Gasteiger partial charge in [0.15, 0.2) is 0 Å². The summed E-state index contributed by atoms with van der Waals surface area (Å²) >= 11 is 3.19. The molecule has 5 aromatic rings. The molecule has 4 aromatic carbocycles. The van der Waals surface area contributed by atoms with Gasteiger partial charge in [-0.05, 0) is 67.3 Å². The number of nitrogens with zero attached hydrogens (tertiary/aromatic N) is 1. The average Bonchev–Trinajstić information content (AvgIpc) is 3.82. The summed E-state index contributed by atoms with van der Waals surface area (Å²) in [6.07, 6.45) is 10.5. The van der Waals surface area contributed by atoms with Crippen LogP contribution in [0.3, 0.4) is 0 Å². The fourth-order valence-corrected chi connectivity index (χ4v) is 6.88. The third kappa shape index (κ3) is 5.65. The number of thioether (sulfide) groups is 1. The molecule has 1 aliphatic rings. The van der Waals surface area contributed by atoms with E-state index in [4.69, 9.17) is 10.8 Å². The Morgan fingerprint density at radius 2 is 1.30 bits per heavy atom. The van der Waals surface area contributed by atoms with Gasteiger partial charge in [0.2, 0.25) is 0 Å². The van der Waals surface area contributed by atoms with Gasteiger partial charge >= 0.3 is 0 Å². The highest BCUT2D eigenvalue weighted by molar-refractivity contribution is 8.03. The van der Waals surface area contributed by atoms with Crippen LogP contribution >= 0.6 is 23.1 Å². The minimum absolute atomic E-state index is 0.00794. The summed E-state index contributed by atoms with van der Waals surface area (Å²) in [5, 5.41) is 27.4. The smallest absolute Gasteiger partial charge is 0.122 e. The molecule has 0 fully saturated rings. The van der Waals surface area contributed by atoms with Crippen LogP contribution in [0.1, 0.15) is 16.1 Å². The van der Waals surface area contributed by atoms with Gasteiger partial charge < -0.3 is 16.1 Å². The molecule has 1 aliphatic heterocycles. The third-order valence-corrected chi connectivity index (χ3v) is 9.33. The zero-order valence-electron chi connectivity index (χ0n) is 24.0. The standard InChI is InChI=1S/C38H30N4S2/c1-25(37-41-17-19-43-37)21-29(23-39)33-31-15-9-10-16-32(31)34(30(24-40)22-26(2)38-42-18-20-44-38)36(28-13-7-4-8-14-28)35(33)27-11-5-3-6-12-27/h3-24,37,39-41H,1-2H2/b29-21+,30-22+,39-23?,40-24?. The third-order valence-electron chi connectivity index (χ3n) is 7.47. The number of aromatic nitrogens is 1. The van der Waals surface area contributed by atoms with Crippen LogP contribution in [0.2, 0.25) is 0 Å². The Bertz CT molecular complexity index is 1960. The molecule has 1 aromatic heterocycles. The van der Waals surface area contributed by atoms with Gasteiger partial charge in [-0.3, -0.25) is 0 Å². The number of hydrogen-bond donors (Lipinski definition) is 3. The zero-order chi connectivity index (χ0) is 30.5. The van der Waals surface area contributed by atoms with Crippen LogP contribution in [-0.2, 0) is 0 Å². The highest BCUT2D eigenvalue weighted by Gasteiger charge is 2.25. The van der Waals surface area contributed by atoms with E-state index >= 15 is 0 Å². The van der Waals surface area contributed by atoms with Gasteiger partial charge in [-0.25, -0.2) is 4.98 Å². The normalized spacial score (nSPS) is 14.8. The Hall–Kier alpha value is -5.04. The lowest BCUT2D eigenvalue weighted by Crippen LogP contribution is -2.17. The van der Waals surface area contributed by atoms with Crippen LogP contribution in [0.5, 0.6) is 0 Å². The number of nitrogens with one attached hydrogen (secondary N) is 3. The highest BCUT2D eigenvalue weighted by Crippen LogP contribution is 2.48. The number of fused-ring (bicyclic) bond motifs is 1. The number of allylic oxidation sites excluding steroid dienone is 4. The molecule has 0 spiro atoms. The molecule has 0 saturated heterocycles. The van der Waals surface area contributed by atoms with Crippen LogP contribution in [0.15, 0.2) is 139 Å². The molecule has 0 bridgehead atoms. The summed E-state index contributed by atoms with van der Waals surface area (Å²) in [6.45, 7) is 8.68. The molecule has 0 amide bonds. The predicted octanol–water partition coefficient (Wildman–Crippen LogP) is 10.1. The Morgan fingerprint density at radius 3 is 1.77 bits per heavy atom. The van der Waals surface area contributed by atoms with Crippen molar-refractivity contribution in [3.8, 4) is 22.3 Å². The van der Waals surface area contributed by atoms with Crippen molar-refractivity contribution in [2.24, 2.45) is 0 Å². The molecule has 0 aliphatic carbocycles. The van der Waals surface area contributed by atoms with Crippen molar-refractivity contribution in [1.29, 1.82) is 10.8 Å². The van der Waals surface area contributed by atoms with Gasteiger partial charge in [-0.1, -0.05) is 98.1 Å². The first kappa shape index (κ1) is 29.1. The lowest BCUT2D eigenvalue weighted by atomic mass is 9.78.